The smallest absolute Gasteiger partial charge is 0.258 e. The second kappa shape index (κ2) is 6.65. The molecule has 0 N–H and O–H groups in total. The van der Waals surface area contributed by atoms with Crippen molar-refractivity contribution in [3.8, 4) is 0 Å². The van der Waals surface area contributed by atoms with Gasteiger partial charge in [-0.1, -0.05) is 23.8 Å². The van der Waals surface area contributed by atoms with Gasteiger partial charge >= 0.3 is 0 Å². The van der Waals surface area contributed by atoms with Crippen LogP contribution in [0.3, 0.4) is 0 Å². The fraction of sp³-hybridized carbons (Fsp3) is 0.167. The van der Waals surface area contributed by atoms with Crippen LogP contribution in [0.25, 0.3) is 0 Å². The number of halogens is 1. The van der Waals surface area contributed by atoms with Gasteiger partial charge in [0.25, 0.3) is 5.69 Å². The van der Waals surface area contributed by atoms with Crippen molar-refractivity contribution < 1.29 is 13.3 Å². The van der Waals surface area contributed by atoms with Crippen molar-refractivity contribution in [2.75, 3.05) is 13.1 Å². The van der Waals surface area contributed by atoms with E-state index in [1.165, 1.54) is 18.2 Å². The van der Waals surface area contributed by atoms with Crippen molar-refractivity contribution in [1.82, 2.24) is 4.31 Å². The van der Waals surface area contributed by atoms with Crippen molar-refractivity contribution in [2.45, 2.75) is 4.90 Å². The van der Waals surface area contributed by atoms with Crippen molar-refractivity contribution in [3.63, 3.8) is 0 Å². The van der Waals surface area contributed by atoms with Crippen LogP contribution in [0.15, 0.2) is 48.4 Å². The number of hydrogen-bond acceptors (Lipinski definition) is 4. The van der Waals surface area contributed by atoms with E-state index in [0.717, 1.165) is 16.4 Å². The van der Waals surface area contributed by atoms with E-state index in [-0.39, 0.29) is 18.1 Å². The molecular formula is C12H13ClN2O4S. The highest BCUT2D eigenvalue weighted by Gasteiger charge is 2.30. The van der Waals surface area contributed by atoms with Gasteiger partial charge in [-0.3, -0.25) is 10.1 Å². The number of sulfonamides is 1. The quantitative estimate of drug-likeness (QED) is 0.440. The number of hydrogen-bond donors (Lipinski definition) is 0. The molecular weight excluding hydrogens is 304 g/mol. The first-order chi connectivity index (χ1) is 9.34. The minimum atomic E-state index is -4.03. The van der Waals surface area contributed by atoms with Crippen LogP contribution in [0, 0.1) is 10.1 Å². The predicted octanol–water partition coefficient (Wildman–Crippen LogP) is 2.61. The monoisotopic (exact) mass is 316 g/mol. The molecule has 8 heteroatoms. The Kier molecular flexibility index (Phi) is 5.43. The van der Waals surface area contributed by atoms with E-state index in [2.05, 4.69) is 13.2 Å². The molecule has 0 aliphatic rings. The molecule has 0 spiro atoms. The molecule has 0 aromatic heterocycles. The van der Waals surface area contributed by atoms with Gasteiger partial charge in [-0.05, 0) is 12.1 Å². The van der Waals surface area contributed by atoms with Crippen molar-refractivity contribution >= 4 is 27.3 Å². The first kappa shape index (κ1) is 16.4. The van der Waals surface area contributed by atoms with E-state index >= 15 is 0 Å². The van der Waals surface area contributed by atoms with Crippen LogP contribution in [0.2, 0.25) is 5.02 Å². The fourth-order valence-corrected chi connectivity index (χ4v) is 3.23. The van der Waals surface area contributed by atoms with Crippen molar-refractivity contribution in [3.05, 3.63) is 58.6 Å². The van der Waals surface area contributed by atoms with Gasteiger partial charge in [-0.2, -0.15) is 4.31 Å². The van der Waals surface area contributed by atoms with Gasteiger partial charge < -0.3 is 0 Å². The first-order valence-electron chi connectivity index (χ1n) is 5.50. The molecule has 20 heavy (non-hydrogen) atoms. The molecule has 0 saturated heterocycles. The number of nitro benzene ring substituents is 1. The van der Waals surface area contributed by atoms with E-state index in [1.807, 2.05) is 0 Å². The van der Waals surface area contributed by atoms with Crippen LogP contribution in [-0.2, 0) is 10.0 Å². The summed E-state index contributed by atoms with van der Waals surface area (Å²) in [5.41, 5.74) is -0.560. The summed E-state index contributed by atoms with van der Waals surface area (Å²) in [6.45, 7) is 6.98. The maximum absolute atomic E-state index is 12.4. The Morgan fingerprint density at radius 1 is 1.30 bits per heavy atom. The zero-order chi connectivity index (χ0) is 15.3. The third kappa shape index (κ3) is 3.44. The maximum atomic E-state index is 12.4. The Bertz CT molecular complexity index is 633. The molecule has 0 heterocycles. The molecule has 0 amide bonds. The van der Waals surface area contributed by atoms with Crippen molar-refractivity contribution in [2.24, 2.45) is 0 Å². The second-order valence-corrected chi connectivity index (χ2v) is 6.11. The summed E-state index contributed by atoms with van der Waals surface area (Å²) in [6, 6.07) is 3.42. The Morgan fingerprint density at radius 3 is 2.30 bits per heavy atom. The van der Waals surface area contributed by atoms with E-state index < -0.39 is 25.5 Å². The van der Waals surface area contributed by atoms with Crippen LogP contribution in [0.4, 0.5) is 5.69 Å². The van der Waals surface area contributed by atoms with Crippen LogP contribution in [0.5, 0.6) is 0 Å². The van der Waals surface area contributed by atoms with Gasteiger partial charge in [-0.25, -0.2) is 8.42 Å². The molecule has 0 aliphatic heterocycles. The van der Waals surface area contributed by atoms with E-state index in [1.54, 1.807) is 0 Å². The normalized spacial score (nSPS) is 11.3. The van der Waals surface area contributed by atoms with Gasteiger partial charge in [0.15, 0.2) is 4.90 Å². The van der Waals surface area contributed by atoms with Crippen LogP contribution in [-0.4, -0.2) is 30.7 Å². The lowest BCUT2D eigenvalue weighted by atomic mass is 10.3. The maximum Gasteiger partial charge on any atom is 0.290 e. The zero-order valence-electron chi connectivity index (χ0n) is 10.5. The van der Waals surface area contributed by atoms with Gasteiger partial charge in [0.2, 0.25) is 10.0 Å². The highest BCUT2D eigenvalue weighted by atomic mass is 35.5. The molecule has 0 saturated carbocycles. The average Bonchev–Trinajstić information content (AvgIpc) is 2.38. The Balaban J connectivity index is 3.43. The number of nitrogens with zero attached hydrogens (tertiary/aromatic N) is 2. The fourth-order valence-electron chi connectivity index (χ4n) is 1.55. The van der Waals surface area contributed by atoms with Crippen LogP contribution in [0.1, 0.15) is 0 Å². The molecule has 1 rings (SSSR count). The molecule has 1 aromatic carbocycles. The summed E-state index contributed by atoms with van der Waals surface area (Å²) < 4.78 is 25.9. The molecule has 6 nitrogen and oxygen atoms in total. The molecule has 0 unspecified atom stereocenters. The topological polar surface area (TPSA) is 80.5 Å². The van der Waals surface area contributed by atoms with Crippen molar-refractivity contribution in [1.29, 1.82) is 0 Å². The summed E-state index contributed by atoms with van der Waals surface area (Å²) in [4.78, 5) is 9.80. The summed E-state index contributed by atoms with van der Waals surface area (Å²) in [5, 5.41) is 11.1. The van der Waals surface area contributed by atoms with E-state index in [0.29, 0.717) is 0 Å². The molecule has 0 radical (unpaired) electrons. The van der Waals surface area contributed by atoms with Gasteiger partial charge in [-0.15, -0.1) is 13.2 Å². The second-order valence-electron chi connectivity index (χ2n) is 3.77. The molecule has 0 aliphatic carbocycles. The Labute approximate surface area is 122 Å². The Morgan fingerprint density at radius 2 is 1.85 bits per heavy atom. The SMILES string of the molecule is C=CCN(CC=C)S(=O)(=O)c1ccc(Cl)cc1[N+](=O)[O-]. The summed E-state index contributed by atoms with van der Waals surface area (Å²) in [6.07, 6.45) is 2.78. The van der Waals surface area contributed by atoms with Crippen LogP contribution >= 0.6 is 11.6 Å². The number of rotatable bonds is 7. The summed E-state index contributed by atoms with van der Waals surface area (Å²) in [7, 11) is -4.03. The first-order valence-corrected chi connectivity index (χ1v) is 7.32. The highest BCUT2D eigenvalue weighted by molar-refractivity contribution is 7.89. The van der Waals surface area contributed by atoms with Gasteiger partial charge in [0.05, 0.1) is 4.92 Å². The summed E-state index contributed by atoms with van der Waals surface area (Å²) >= 11 is 5.67. The lowest BCUT2D eigenvalue weighted by Gasteiger charge is -2.18. The van der Waals surface area contributed by atoms with Gasteiger partial charge in [0, 0.05) is 24.2 Å². The largest absolute Gasteiger partial charge is 0.290 e. The van der Waals surface area contributed by atoms with Gasteiger partial charge in [0.1, 0.15) is 0 Å². The standard InChI is InChI=1S/C12H13ClN2O4S/c1-3-7-14(8-4-2)20(18,19)12-6-5-10(13)9-11(12)15(16)17/h3-6,9H,1-2,7-8H2. The Hall–Kier alpha value is -1.70. The predicted molar refractivity (Wildman–Crippen MR) is 77.3 cm³/mol. The zero-order valence-corrected chi connectivity index (χ0v) is 12.1. The molecule has 0 bridgehead atoms. The lowest BCUT2D eigenvalue weighted by Crippen LogP contribution is -2.31. The minimum absolute atomic E-state index is 0.0220. The molecule has 1 aromatic rings. The van der Waals surface area contributed by atoms with E-state index in [9.17, 15) is 18.5 Å². The molecule has 0 atom stereocenters. The lowest BCUT2D eigenvalue weighted by molar-refractivity contribution is -0.387. The summed E-state index contributed by atoms with van der Waals surface area (Å²) in [5.74, 6) is 0. The number of benzene rings is 1. The highest BCUT2D eigenvalue weighted by Crippen LogP contribution is 2.29. The molecule has 0 fully saturated rings. The minimum Gasteiger partial charge on any atom is -0.258 e. The average molecular weight is 317 g/mol. The number of nitro groups is 1. The van der Waals surface area contributed by atoms with E-state index in [4.69, 9.17) is 11.6 Å². The molecule has 108 valence electrons. The van der Waals surface area contributed by atoms with Crippen LogP contribution < -0.4 is 0 Å². The third-order valence-electron chi connectivity index (χ3n) is 2.40. The third-order valence-corrected chi connectivity index (χ3v) is 4.52.